The first-order valence-corrected chi connectivity index (χ1v) is 13.5. The Balaban J connectivity index is 1.35. The van der Waals surface area contributed by atoms with Crippen molar-refractivity contribution in [1.82, 2.24) is 9.88 Å². The molecule has 1 aromatic heterocycles. The van der Waals surface area contributed by atoms with E-state index < -0.39 is 12.1 Å². The van der Waals surface area contributed by atoms with Crippen LogP contribution in [0.1, 0.15) is 61.3 Å². The zero-order valence-electron chi connectivity index (χ0n) is 22.1. The monoisotopic (exact) mass is 504 g/mol. The Hall–Kier alpha value is -2.96. The maximum absolute atomic E-state index is 11.3. The molecule has 2 heterocycles. The number of benzene rings is 2. The Morgan fingerprint density at radius 2 is 2.00 bits per heavy atom. The number of aromatic nitrogens is 1. The fourth-order valence-electron chi connectivity index (χ4n) is 5.85. The van der Waals surface area contributed by atoms with Crippen molar-refractivity contribution < 1.29 is 19.7 Å². The fourth-order valence-corrected chi connectivity index (χ4v) is 5.85. The van der Waals surface area contributed by atoms with Crippen molar-refractivity contribution in [2.75, 3.05) is 26.7 Å². The van der Waals surface area contributed by atoms with E-state index in [2.05, 4.69) is 41.1 Å². The minimum atomic E-state index is -0.729. The standard InChI is InChI=1S/C31H40N2O4/c1-22-6-3-4-7-23(22)8-5-18-33-19-16-24(25(21-33)10-14-31(35)36)9-13-30(34)27-15-17-32-29-12-11-26(37-2)20-28(27)29/h3-4,6-7,11-12,15,17,20,24-25,30,34H,5,8-10,13-14,16,18-19,21H2,1-2H3,(H,35,36)/t24-,25+,30?/m1/s1. The average Bonchev–Trinajstić information content (AvgIpc) is 2.91. The number of aliphatic carboxylic acids is 1. The van der Waals surface area contributed by atoms with E-state index in [1.807, 2.05) is 24.3 Å². The predicted octanol–water partition coefficient (Wildman–Crippen LogP) is 5.80. The minimum Gasteiger partial charge on any atom is -0.497 e. The summed E-state index contributed by atoms with van der Waals surface area (Å²) in [4.78, 5) is 18.3. The van der Waals surface area contributed by atoms with Crippen molar-refractivity contribution in [3.05, 3.63) is 71.4 Å². The van der Waals surface area contributed by atoms with Gasteiger partial charge in [-0.2, -0.15) is 0 Å². The number of carboxylic acids is 1. The molecule has 198 valence electrons. The van der Waals surface area contributed by atoms with Gasteiger partial charge in [-0.3, -0.25) is 9.78 Å². The average molecular weight is 505 g/mol. The van der Waals surface area contributed by atoms with Crippen LogP contribution >= 0.6 is 0 Å². The van der Waals surface area contributed by atoms with Gasteiger partial charge in [0.1, 0.15) is 5.75 Å². The van der Waals surface area contributed by atoms with Gasteiger partial charge >= 0.3 is 5.97 Å². The third-order valence-corrected chi connectivity index (χ3v) is 8.04. The topological polar surface area (TPSA) is 82.9 Å². The molecular formula is C31H40N2O4. The molecule has 0 saturated carbocycles. The number of carbonyl (C=O) groups is 1. The minimum absolute atomic E-state index is 0.204. The van der Waals surface area contributed by atoms with E-state index in [0.29, 0.717) is 24.7 Å². The molecule has 0 bridgehead atoms. The summed E-state index contributed by atoms with van der Waals surface area (Å²) in [6, 6.07) is 16.2. The molecule has 1 fully saturated rings. The predicted molar refractivity (Wildman–Crippen MR) is 147 cm³/mol. The summed E-state index contributed by atoms with van der Waals surface area (Å²) in [7, 11) is 1.64. The van der Waals surface area contributed by atoms with Crippen LogP contribution in [0.25, 0.3) is 10.9 Å². The molecule has 4 rings (SSSR count). The highest BCUT2D eigenvalue weighted by atomic mass is 16.5. The third-order valence-electron chi connectivity index (χ3n) is 8.04. The molecule has 0 radical (unpaired) electrons. The zero-order chi connectivity index (χ0) is 26.2. The summed E-state index contributed by atoms with van der Waals surface area (Å²) < 4.78 is 5.38. The van der Waals surface area contributed by atoms with Crippen LogP contribution in [0.15, 0.2) is 54.7 Å². The Labute approximate surface area is 220 Å². The summed E-state index contributed by atoms with van der Waals surface area (Å²) in [6.07, 6.45) is 6.82. The second kappa shape index (κ2) is 13.0. The maximum atomic E-state index is 11.3. The number of methoxy groups -OCH3 is 1. The van der Waals surface area contributed by atoms with E-state index in [-0.39, 0.29) is 6.42 Å². The number of aliphatic hydroxyl groups excluding tert-OH is 1. The highest BCUT2D eigenvalue weighted by molar-refractivity contribution is 5.83. The molecule has 6 nitrogen and oxygen atoms in total. The molecular weight excluding hydrogens is 464 g/mol. The van der Waals surface area contributed by atoms with Crippen LogP contribution in [0.5, 0.6) is 5.75 Å². The first kappa shape index (κ1) is 27.1. The Bertz CT molecular complexity index is 1180. The number of fused-ring (bicyclic) bond motifs is 1. The Kier molecular flexibility index (Phi) is 9.53. The summed E-state index contributed by atoms with van der Waals surface area (Å²) in [6.45, 7) is 5.19. The van der Waals surface area contributed by atoms with E-state index in [4.69, 9.17) is 4.74 Å². The Morgan fingerprint density at radius 3 is 2.78 bits per heavy atom. The Morgan fingerprint density at radius 1 is 1.16 bits per heavy atom. The number of ether oxygens (including phenoxy) is 1. The third kappa shape index (κ3) is 7.30. The smallest absolute Gasteiger partial charge is 0.303 e. The van der Waals surface area contributed by atoms with Crippen molar-refractivity contribution in [3.63, 3.8) is 0 Å². The summed E-state index contributed by atoms with van der Waals surface area (Å²) in [5.74, 6) is 0.777. The van der Waals surface area contributed by atoms with Gasteiger partial charge in [0.25, 0.3) is 0 Å². The number of nitrogens with zero attached hydrogens (tertiary/aromatic N) is 2. The van der Waals surface area contributed by atoms with Crippen LogP contribution < -0.4 is 4.74 Å². The maximum Gasteiger partial charge on any atom is 0.303 e. The van der Waals surface area contributed by atoms with E-state index in [9.17, 15) is 15.0 Å². The van der Waals surface area contributed by atoms with Gasteiger partial charge in [-0.25, -0.2) is 0 Å². The normalized spacial score (nSPS) is 19.1. The van der Waals surface area contributed by atoms with Gasteiger partial charge in [0.2, 0.25) is 0 Å². The van der Waals surface area contributed by atoms with Crippen molar-refractivity contribution >= 4 is 16.9 Å². The fraction of sp³-hybridized carbons (Fsp3) is 0.484. The summed E-state index contributed by atoms with van der Waals surface area (Å²) in [5, 5.41) is 21.4. The van der Waals surface area contributed by atoms with Gasteiger partial charge in [0, 0.05) is 24.5 Å². The molecule has 1 saturated heterocycles. The second-order valence-electron chi connectivity index (χ2n) is 10.4. The molecule has 0 amide bonds. The van der Waals surface area contributed by atoms with Gasteiger partial charge in [-0.05, 0) is 111 Å². The van der Waals surface area contributed by atoms with Crippen LogP contribution in [-0.2, 0) is 11.2 Å². The van der Waals surface area contributed by atoms with Crippen LogP contribution in [0.3, 0.4) is 0 Å². The number of hydrogen-bond donors (Lipinski definition) is 2. The van der Waals surface area contributed by atoms with Gasteiger partial charge in [-0.1, -0.05) is 24.3 Å². The van der Waals surface area contributed by atoms with Crippen molar-refractivity contribution in [2.45, 2.75) is 58.0 Å². The number of hydrogen-bond acceptors (Lipinski definition) is 5. The molecule has 1 aliphatic rings. The van der Waals surface area contributed by atoms with Gasteiger partial charge in [0.05, 0.1) is 18.7 Å². The van der Waals surface area contributed by atoms with Crippen LogP contribution in [0.4, 0.5) is 0 Å². The molecule has 37 heavy (non-hydrogen) atoms. The van der Waals surface area contributed by atoms with E-state index in [0.717, 1.165) is 67.5 Å². The molecule has 1 unspecified atom stereocenters. The lowest BCUT2D eigenvalue weighted by Crippen LogP contribution is -2.41. The number of carboxylic acid groups (broad SMARTS) is 1. The lowest BCUT2D eigenvalue weighted by Gasteiger charge is -2.39. The molecule has 3 aromatic rings. The van der Waals surface area contributed by atoms with Crippen LogP contribution in [-0.4, -0.2) is 52.8 Å². The largest absolute Gasteiger partial charge is 0.497 e. The number of aryl methyl sites for hydroxylation is 2. The highest BCUT2D eigenvalue weighted by Crippen LogP contribution is 2.35. The number of pyridine rings is 1. The molecule has 0 spiro atoms. The van der Waals surface area contributed by atoms with E-state index in [1.54, 1.807) is 13.3 Å². The summed E-state index contributed by atoms with van der Waals surface area (Å²) in [5.41, 5.74) is 4.48. The first-order chi connectivity index (χ1) is 17.9. The van der Waals surface area contributed by atoms with Crippen molar-refractivity contribution in [3.8, 4) is 5.75 Å². The molecule has 2 aromatic carbocycles. The second-order valence-corrected chi connectivity index (χ2v) is 10.4. The van der Waals surface area contributed by atoms with E-state index in [1.165, 1.54) is 11.1 Å². The van der Waals surface area contributed by atoms with Gasteiger partial charge in [0.15, 0.2) is 0 Å². The lowest BCUT2D eigenvalue weighted by atomic mass is 9.79. The van der Waals surface area contributed by atoms with Crippen LogP contribution in [0.2, 0.25) is 0 Å². The molecule has 2 N–H and O–H groups in total. The molecule has 1 aliphatic heterocycles. The van der Waals surface area contributed by atoms with Gasteiger partial charge < -0.3 is 19.8 Å². The van der Waals surface area contributed by atoms with Crippen LogP contribution in [0, 0.1) is 18.8 Å². The summed E-state index contributed by atoms with van der Waals surface area (Å²) >= 11 is 0. The zero-order valence-corrected chi connectivity index (χ0v) is 22.1. The van der Waals surface area contributed by atoms with Crippen molar-refractivity contribution in [1.29, 1.82) is 0 Å². The SMILES string of the molecule is COc1ccc2nccc(C(O)CC[C@@H]3CCN(CCCc4ccccc4C)C[C@@H]3CCC(=O)O)c2c1. The molecule has 3 atom stereocenters. The van der Waals surface area contributed by atoms with Crippen molar-refractivity contribution in [2.24, 2.45) is 11.8 Å². The quantitative estimate of drug-likeness (QED) is 0.324. The number of rotatable bonds is 12. The number of aliphatic hydroxyl groups is 1. The highest BCUT2D eigenvalue weighted by Gasteiger charge is 2.30. The first-order valence-electron chi connectivity index (χ1n) is 13.5. The molecule has 6 heteroatoms. The van der Waals surface area contributed by atoms with Gasteiger partial charge in [-0.15, -0.1) is 0 Å². The van der Waals surface area contributed by atoms with E-state index >= 15 is 0 Å². The molecule has 0 aliphatic carbocycles. The number of piperidine rings is 1. The lowest BCUT2D eigenvalue weighted by molar-refractivity contribution is -0.137. The number of likely N-dealkylation sites (tertiary alicyclic amines) is 1.